The zero-order valence-corrected chi connectivity index (χ0v) is 11.8. The first-order chi connectivity index (χ1) is 7.99. The van der Waals surface area contributed by atoms with Gasteiger partial charge in [-0.2, -0.15) is 7.05 Å². The number of hydrogen-bond donors (Lipinski definition) is 1. The van der Waals surface area contributed by atoms with E-state index < -0.39 is 0 Å². The lowest BCUT2D eigenvalue weighted by molar-refractivity contribution is -0.649. The summed E-state index contributed by atoms with van der Waals surface area (Å²) in [7, 11) is 4.08. The second kappa shape index (κ2) is 4.76. The molecule has 1 heteroatoms. The molecule has 0 spiro atoms. The number of hydrogen-bond acceptors (Lipinski definition) is 0. The van der Waals surface area contributed by atoms with Crippen LogP contribution in [0.5, 0.6) is 0 Å². The third-order valence-electron chi connectivity index (χ3n) is 5.45. The van der Waals surface area contributed by atoms with Crippen molar-refractivity contribution in [2.75, 3.05) is 0 Å². The first-order valence-electron chi connectivity index (χ1n) is 7.30. The van der Waals surface area contributed by atoms with Gasteiger partial charge in [-0.15, -0.1) is 0 Å². The Kier molecular flexibility index (Phi) is 3.68. The summed E-state index contributed by atoms with van der Waals surface area (Å²) in [5.41, 5.74) is 2.09. The van der Waals surface area contributed by atoms with Crippen LogP contribution in [0.4, 0.5) is 0 Å². The number of fused-ring (bicyclic) bond motifs is 1. The van der Waals surface area contributed by atoms with Crippen molar-refractivity contribution in [3.8, 4) is 0 Å². The molecule has 98 valence electrons. The van der Waals surface area contributed by atoms with E-state index in [1.54, 1.807) is 0 Å². The average molecular weight is 235 g/mol. The molecule has 17 heavy (non-hydrogen) atoms. The van der Waals surface area contributed by atoms with Gasteiger partial charge in [0.2, 0.25) is 0 Å². The first-order valence-corrected chi connectivity index (χ1v) is 7.30. The van der Waals surface area contributed by atoms with E-state index in [1.165, 1.54) is 37.7 Å². The van der Waals surface area contributed by atoms with E-state index in [9.17, 15) is 0 Å². The lowest BCUT2D eigenvalue weighted by atomic mass is 9.64. The first kappa shape index (κ1) is 13.1. The highest BCUT2D eigenvalue weighted by Gasteiger charge is 2.50. The largest absolute Gasteiger partial charge is 0.476 e. The Balaban J connectivity index is 2.22. The summed E-state index contributed by atoms with van der Waals surface area (Å²) in [4.78, 5) is 0. The zero-order valence-electron chi connectivity index (χ0n) is 11.8. The lowest BCUT2D eigenvalue weighted by Crippen LogP contribution is -2.87. The van der Waals surface area contributed by atoms with Crippen molar-refractivity contribution in [2.45, 2.75) is 58.9 Å². The number of allylic oxidation sites excluding steroid dienone is 1. The van der Waals surface area contributed by atoms with Gasteiger partial charge in [-0.1, -0.05) is 32.9 Å². The Bertz CT molecular complexity index is 294. The van der Waals surface area contributed by atoms with Crippen LogP contribution in [0.25, 0.3) is 0 Å². The van der Waals surface area contributed by atoms with Crippen LogP contribution in [0.15, 0.2) is 12.2 Å². The van der Waals surface area contributed by atoms with Crippen molar-refractivity contribution in [3.63, 3.8) is 0 Å². The number of rotatable bonds is 3. The van der Waals surface area contributed by atoms with E-state index in [0.717, 1.165) is 17.8 Å². The van der Waals surface area contributed by atoms with Gasteiger partial charge in [-0.05, 0) is 43.4 Å². The van der Waals surface area contributed by atoms with Crippen LogP contribution in [-0.2, 0) is 0 Å². The molecule has 2 aliphatic carbocycles. The molecule has 0 saturated heterocycles. The molecule has 2 fully saturated rings. The minimum absolute atomic E-state index is 0.552. The molecule has 0 unspecified atom stereocenters. The standard InChI is InChI=1S/C16H29N/c1-11(2)15(17-5)13-8-10-16(4)9-6-7-12(3)14(13)16/h11,13-15H,3,5-10,17H2,1-2,4H3/t13-,14+,15-,16-/m0/s1. The third kappa shape index (κ3) is 2.19. The van der Waals surface area contributed by atoms with Crippen molar-refractivity contribution in [3.05, 3.63) is 19.2 Å². The number of quaternary nitrogens is 1. The highest BCUT2D eigenvalue weighted by molar-refractivity contribution is 5.16. The summed E-state index contributed by atoms with van der Waals surface area (Å²) in [6, 6.07) is 0.677. The van der Waals surface area contributed by atoms with E-state index in [2.05, 4.69) is 39.7 Å². The van der Waals surface area contributed by atoms with Crippen LogP contribution in [0.3, 0.4) is 0 Å². The van der Waals surface area contributed by atoms with E-state index in [-0.39, 0.29) is 0 Å². The van der Waals surface area contributed by atoms with Crippen molar-refractivity contribution < 1.29 is 5.32 Å². The number of nitrogens with two attached hydrogens (primary N) is 1. The molecule has 0 bridgehead atoms. The van der Waals surface area contributed by atoms with Crippen molar-refractivity contribution in [1.82, 2.24) is 0 Å². The highest BCUT2D eigenvalue weighted by Crippen LogP contribution is 2.57. The van der Waals surface area contributed by atoms with Crippen LogP contribution in [0.1, 0.15) is 52.9 Å². The molecule has 2 N–H and O–H groups in total. The fourth-order valence-corrected chi connectivity index (χ4v) is 4.64. The molecule has 0 aromatic rings. The molecule has 1 nitrogen and oxygen atoms in total. The van der Waals surface area contributed by atoms with Gasteiger partial charge in [0.25, 0.3) is 0 Å². The molecule has 4 atom stereocenters. The molecule has 0 amide bonds. The summed E-state index contributed by atoms with van der Waals surface area (Å²) in [6.45, 7) is 11.6. The fraction of sp³-hybridized carbons (Fsp3) is 0.812. The Labute approximate surface area is 107 Å². The Hall–Kier alpha value is -0.300. The van der Waals surface area contributed by atoms with Gasteiger partial charge in [-0.25, -0.2) is 0 Å². The Morgan fingerprint density at radius 1 is 1.41 bits per heavy atom. The summed E-state index contributed by atoms with van der Waals surface area (Å²) in [5, 5.41) is 2.21. The molecule has 0 heterocycles. The predicted octanol–water partition coefficient (Wildman–Crippen LogP) is 3.14. The Morgan fingerprint density at radius 3 is 2.71 bits per heavy atom. The zero-order chi connectivity index (χ0) is 12.6. The van der Waals surface area contributed by atoms with E-state index >= 15 is 0 Å². The topological polar surface area (TPSA) is 16.6 Å². The summed E-state index contributed by atoms with van der Waals surface area (Å²) in [5.74, 6) is 2.29. The van der Waals surface area contributed by atoms with Gasteiger partial charge in [0, 0.05) is 11.8 Å². The van der Waals surface area contributed by atoms with Crippen LogP contribution in [0, 0.1) is 30.2 Å². The van der Waals surface area contributed by atoms with Crippen LogP contribution >= 0.6 is 0 Å². The second-order valence-electron chi connectivity index (χ2n) is 6.90. The normalized spacial score (nSPS) is 39.5. The fourth-order valence-electron chi connectivity index (χ4n) is 4.64. The minimum atomic E-state index is 0.552. The van der Waals surface area contributed by atoms with Gasteiger partial charge < -0.3 is 5.32 Å². The van der Waals surface area contributed by atoms with Crippen LogP contribution < -0.4 is 5.32 Å². The molecule has 0 radical (unpaired) electrons. The van der Waals surface area contributed by atoms with Crippen molar-refractivity contribution >= 4 is 0 Å². The van der Waals surface area contributed by atoms with Crippen LogP contribution in [-0.4, -0.2) is 6.04 Å². The smallest absolute Gasteiger partial charge is 0.0677 e. The summed E-state index contributed by atoms with van der Waals surface area (Å²) < 4.78 is 0. The van der Waals surface area contributed by atoms with E-state index in [1.807, 2.05) is 0 Å². The van der Waals surface area contributed by atoms with Crippen molar-refractivity contribution in [1.29, 1.82) is 0 Å². The van der Waals surface area contributed by atoms with Crippen LogP contribution in [0.2, 0.25) is 0 Å². The maximum absolute atomic E-state index is 4.39. The van der Waals surface area contributed by atoms with E-state index in [4.69, 9.17) is 0 Å². The molecule has 0 aromatic carbocycles. The molecule has 2 rings (SSSR count). The molecule has 2 saturated carbocycles. The summed E-state index contributed by atoms with van der Waals surface area (Å²) in [6.07, 6.45) is 6.82. The van der Waals surface area contributed by atoms with Gasteiger partial charge in [0.15, 0.2) is 0 Å². The SMILES string of the molecule is C=C1CCC[C@@]2(C)CC[C@H]([C@@H]([NH2+][CH2-])C(C)C)[C@@H]12. The molecule has 0 aliphatic heterocycles. The maximum Gasteiger partial charge on any atom is 0.0677 e. The molecule has 0 aromatic heterocycles. The van der Waals surface area contributed by atoms with Gasteiger partial charge >= 0.3 is 0 Å². The minimum Gasteiger partial charge on any atom is -0.476 e. The lowest BCUT2D eigenvalue weighted by Gasteiger charge is -2.42. The molecular weight excluding hydrogens is 206 g/mol. The van der Waals surface area contributed by atoms with Crippen molar-refractivity contribution in [2.24, 2.45) is 23.2 Å². The maximum atomic E-state index is 4.39. The predicted molar refractivity (Wildman–Crippen MR) is 73.2 cm³/mol. The highest BCUT2D eigenvalue weighted by atomic mass is 14.9. The Morgan fingerprint density at radius 2 is 2.12 bits per heavy atom. The average Bonchev–Trinajstić information content (AvgIpc) is 2.58. The second-order valence-corrected chi connectivity index (χ2v) is 6.90. The van der Waals surface area contributed by atoms with Gasteiger partial charge in [0.1, 0.15) is 0 Å². The third-order valence-corrected chi connectivity index (χ3v) is 5.45. The van der Waals surface area contributed by atoms with Gasteiger partial charge in [-0.3, -0.25) is 0 Å². The monoisotopic (exact) mass is 235 g/mol. The van der Waals surface area contributed by atoms with Gasteiger partial charge in [0.05, 0.1) is 6.04 Å². The quantitative estimate of drug-likeness (QED) is 0.572. The summed E-state index contributed by atoms with van der Waals surface area (Å²) >= 11 is 0. The van der Waals surface area contributed by atoms with E-state index in [0.29, 0.717) is 11.5 Å². The molecular formula is C16H29N. The molecule has 2 aliphatic rings.